The summed E-state index contributed by atoms with van der Waals surface area (Å²) in [7, 11) is -3.73. The zero-order chi connectivity index (χ0) is 19.3. The molecule has 3 rings (SSSR count). The number of sulfone groups is 1. The van der Waals surface area contributed by atoms with Gasteiger partial charge in [0.2, 0.25) is 0 Å². The fourth-order valence-electron chi connectivity index (χ4n) is 2.77. The normalized spacial score (nSPS) is 12.3. The first-order chi connectivity index (χ1) is 13.0. The summed E-state index contributed by atoms with van der Waals surface area (Å²) in [5.41, 5.74) is 0.708. The lowest BCUT2D eigenvalue weighted by Crippen LogP contribution is -2.32. The summed E-state index contributed by atoms with van der Waals surface area (Å²) in [4.78, 5) is 12.5. The van der Waals surface area contributed by atoms with Gasteiger partial charge in [0, 0.05) is 12.1 Å². The van der Waals surface area contributed by atoms with E-state index in [1.807, 2.05) is 0 Å². The smallest absolute Gasteiger partial charge is 0.251 e. The van der Waals surface area contributed by atoms with E-state index in [9.17, 15) is 17.6 Å². The minimum atomic E-state index is -3.73. The summed E-state index contributed by atoms with van der Waals surface area (Å²) in [6.45, 7) is -0.128. The third-order valence-corrected chi connectivity index (χ3v) is 6.27. The van der Waals surface area contributed by atoms with Crippen LogP contribution in [0.4, 0.5) is 4.39 Å². The van der Waals surface area contributed by atoms with Gasteiger partial charge in [-0.05, 0) is 35.9 Å². The van der Waals surface area contributed by atoms with E-state index >= 15 is 0 Å². The molecule has 4 nitrogen and oxygen atoms in total. The Morgan fingerprint density at radius 2 is 1.52 bits per heavy atom. The first-order valence-electron chi connectivity index (χ1n) is 8.36. The molecule has 0 aliphatic rings. The maximum Gasteiger partial charge on any atom is 0.251 e. The van der Waals surface area contributed by atoms with E-state index in [4.69, 9.17) is 0 Å². The lowest BCUT2D eigenvalue weighted by molar-refractivity contribution is 0.0953. The molecule has 27 heavy (non-hydrogen) atoms. The lowest BCUT2D eigenvalue weighted by atomic mass is 10.1. The number of hydrogen-bond acceptors (Lipinski definition) is 3. The molecule has 1 atom stereocenters. The quantitative estimate of drug-likeness (QED) is 0.705. The minimum absolute atomic E-state index is 0.128. The Morgan fingerprint density at radius 3 is 2.15 bits per heavy atom. The van der Waals surface area contributed by atoms with Gasteiger partial charge in [-0.15, -0.1) is 0 Å². The van der Waals surface area contributed by atoms with Crippen LogP contribution in [0, 0.1) is 5.82 Å². The Kier molecular flexibility index (Phi) is 5.66. The second-order valence-corrected chi connectivity index (χ2v) is 8.11. The number of carbonyl (C=O) groups excluding carboxylic acids is 1. The molecule has 0 aliphatic heterocycles. The molecule has 0 heterocycles. The van der Waals surface area contributed by atoms with Crippen molar-refractivity contribution in [3.8, 4) is 0 Å². The molecular formula is C21H18FNO3S. The summed E-state index contributed by atoms with van der Waals surface area (Å²) < 4.78 is 39.6. The van der Waals surface area contributed by atoms with E-state index in [1.54, 1.807) is 48.5 Å². The van der Waals surface area contributed by atoms with Crippen LogP contribution < -0.4 is 5.32 Å². The van der Waals surface area contributed by atoms with Gasteiger partial charge in [0.25, 0.3) is 5.91 Å². The molecule has 0 spiro atoms. The molecule has 3 aromatic rings. The van der Waals surface area contributed by atoms with Crippen LogP contribution in [0.25, 0.3) is 0 Å². The number of amides is 1. The number of benzene rings is 3. The molecule has 138 valence electrons. The van der Waals surface area contributed by atoms with Crippen molar-refractivity contribution < 1.29 is 17.6 Å². The van der Waals surface area contributed by atoms with E-state index < -0.39 is 26.8 Å². The van der Waals surface area contributed by atoms with Crippen molar-refractivity contribution in [1.29, 1.82) is 0 Å². The SMILES string of the molecule is O=C(NC[C@H](c1ccccc1)S(=O)(=O)c1ccccc1)c1cccc(F)c1. The average Bonchev–Trinajstić information content (AvgIpc) is 2.69. The Bertz CT molecular complexity index is 1020. The highest BCUT2D eigenvalue weighted by atomic mass is 32.2. The third kappa shape index (κ3) is 4.41. The van der Waals surface area contributed by atoms with Crippen LogP contribution >= 0.6 is 0 Å². The molecule has 6 heteroatoms. The van der Waals surface area contributed by atoms with Crippen molar-refractivity contribution in [1.82, 2.24) is 5.32 Å². The van der Waals surface area contributed by atoms with Crippen LogP contribution in [0.3, 0.4) is 0 Å². The number of carbonyl (C=O) groups is 1. The number of rotatable bonds is 6. The van der Waals surface area contributed by atoms with Gasteiger partial charge >= 0.3 is 0 Å². The number of hydrogen-bond donors (Lipinski definition) is 1. The van der Waals surface area contributed by atoms with Gasteiger partial charge in [-0.1, -0.05) is 54.6 Å². The van der Waals surface area contributed by atoms with Crippen molar-refractivity contribution in [2.75, 3.05) is 6.54 Å². The summed E-state index contributed by atoms with van der Waals surface area (Å²) in [6, 6.07) is 22.1. The largest absolute Gasteiger partial charge is 0.350 e. The summed E-state index contributed by atoms with van der Waals surface area (Å²) >= 11 is 0. The second-order valence-electron chi connectivity index (χ2n) is 5.98. The fraction of sp³-hybridized carbons (Fsp3) is 0.0952. The van der Waals surface area contributed by atoms with Crippen molar-refractivity contribution in [3.63, 3.8) is 0 Å². The third-order valence-electron chi connectivity index (χ3n) is 4.15. The van der Waals surface area contributed by atoms with Crippen LogP contribution in [0.2, 0.25) is 0 Å². The Balaban J connectivity index is 1.89. The average molecular weight is 383 g/mol. The maximum atomic E-state index is 13.3. The standard InChI is InChI=1S/C21H18FNO3S/c22-18-11-7-10-17(14-18)21(24)23-15-20(16-8-3-1-4-9-16)27(25,26)19-12-5-2-6-13-19/h1-14,20H,15H2,(H,23,24)/t20-/m1/s1. The van der Waals surface area contributed by atoms with Gasteiger partial charge in [0.05, 0.1) is 4.90 Å². The highest BCUT2D eigenvalue weighted by Crippen LogP contribution is 2.28. The van der Waals surface area contributed by atoms with E-state index in [-0.39, 0.29) is 17.0 Å². The highest BCUT2D eigenvalue weighted by molar-refractivity contribution is 7.91. The Labute approximate surface area is 157 Å². The molecule has 3 aromatic carbocycles. The van der Waals surface area contributed by atoms with Crippen molar-refractivity contribution in [2.45, 2.75) is 10.1 Å². The second kappa shape index (κ2) is 8.14. The molecule has 1 amide bonds. The Hall–Kier alpha value is -2.99. The number of nitrogens with one attached hydrogen (secondary N) is 1. The van der Waals surface area contributed by atoms with Gasteiger partial charge < -0.3 is 5.32 Å². The molecule has 0 aromatic heterocycles. The molecule has 0 saturated carbocycles. The minimum Gasteiger partial charge on any atom is -0.350 e. The highest BCUT2D eigenvalue weighted by Gasteiger charge is 2.29. The van der Waals surface area contributed by atoms with Gasteiger partial charge in [-0.2, -0.15) is 0 Å². The van der Waals surface area contributed by atoms with Gasteiger partial charge in [-0.3, -0.25) is 4.79 Å². The topological polar surface area (TPSA) is 63.2 Å². The fourth-order valence-corrected chi connectivity index (χ4v) is 4.45. The first-order valence-corrected chi connectivity index (χ1v) is 9.91. The zero-order valence-electron chi connectivity index (χ0n) is 14.4. The molecule has 0 fully saturated rings. The Morgan fingerprint density at radius 1 is 0.889 bits per heavy atom. The van der Waals surface area contributed by atoms with Crippen LogP contribution in [0.1, 0.15) is 21.2 Å². The first kappa shape index (κ1) is 18.8. The monoisotopic (exact) mass is 383 g/mol. The number of halogens is 1. The molecule has 0 aliphatic carbocycles. The van der Waals surface area contributed by atoms with Crippen LogP contribution in [-0.4, -0.2) is 20.9 Å². The maximum absolute atomic E-state index is 13.3. The van der Waals surface area contributed by atoms with E-state index in [2.05, 4.69) is 5.32 Å². The van der Waals surface area contributed by atoms with Crippen LogP contribution in [0.15, 0.2) is 89.8 Å². The van der Waals surface area contributed by atoms with E-state index in [1.165, 1.54) is 30.3 Å². The van der Waals surface area contributed by atoms with E-state index in [0.717, 1.165) is 6.07 Å². The van der Waals surface area contributed by atoms with Crippen LogP contribution in [-0.2, 0) is 9.84 Å². The molecule has 0 unspecified atom stereocenters. The molecule has 0 saturated heterocycles. The molecule has 0 radical (unpaired) electrons. The van der Waals surface area contributed by atoms with Gasteiger partial charge in [0.15, 0.2) is 9.84 Å². The summed E-state index contributed by atoms with van der Waals surface area (Å²) in [5, 5.41) is 1.66. The van der Waals surface area contributed by atoms with Crippen molar-refractivity contribution in [3.05, 3.63) is 102 Å². The van der Waals surface area contributed by atoms with Gasteiger partial charge in [0.1, 0.15) is 11.1 Å². The van der Waals surface area contributed by atoms with Crippen LogP contribution in [0.5, 0.6) is 0 Å². The van der Waals surface area contributed by atoms with Crippen molar-refractivity contribution in [2.24, 2.45) is 0 Å². The molecular weight excluding hydrogens is 365 g/mol. The summed E-state index contributed by atoms with van der Waals surface area (Å²) in [6.07, 6.45) is 0. The molecule has 1 N–H and O–H groups in total. The predicted octanol–water partition coefficient (Wildman–Crippen LogP) is 3.77. The van der Waals surface area contributed by atoms with Crippen molar-refractivity contribution >= 4 is 15.7 Å². The lowest BCUT2D eigenvalue weighted by Gasteiger charge is -2.19. The van der Waals surface area contributed by atoms with Gasteiger partial charge in [-0.25, -0.2) is 12.8 Å². The zero-order valence-corrected chi connectivity index (χ0v) is 15.2. The molecule has 0 bridgehead atoms. The summed E-state index contributed by atoms with van der Waals surface area (Å²) in [5.74, 6) is -1.06. The predicted molar refractivity (Wildman–Crippen MR) is 102 cm³/mol. The van der Waals surface area contributed by atoms with E-state index in [0.29, 0.717) is 5.56 Å².